The first kappa shape index (κ1) is 16.0. The van der Waals surface area contributed by atoms with Gasteiger partial charge in [-0.2, -0.15) is 0 Å². The molecule has 6 heteroatoms. The molecule has 0 amide bonds. The molecule has 1 atom stereocenters. The van der Waals surface area contributed by atoms with E-state index >= 15 is 0 Å². The Hall–Kier alpha value is -1.37. The smallest absolute Gasteiger partial charge is 0.294 e. The molecule has 4 nitrogen and oxygen atoms in total. The molecule has 1 heterocycles. The Bertz CT molecular complexity index is 633. The lowest BCUT2D eigenvalue weighted by molar-refractivity contribution is -0.387. The molecular weight excluding hydrogens is 306 g/mol. The van der Waals surface area contributed by atoms with Crippen molar-refractivity contribution in [2.45, 2.75) is 41.9 Å². The molecule has 0 bridgehead atoms. The second-order valence-corrected chi connectivity index (χ2v) is 7.51. The lowest BCUT2D eigenvalue weighted by Gasteiger charge is -2.05. The van der Waals surface area contributed by atoms with Gasteiger partial charge in [-0.1, -0.05) is 37.7 Å². The average Bonchev–Trinajstić information content (AvgIpc) is 2.83. The van der Waals surface area contributed by atoms with Crippen LogP contribution >= 0.6 is 23.1 Å². The Labute approximate surface area is 132 Å². The first-order valence-corrected chi connectivity index (χ1v) is 8.25. The zero-order chi connectivity index (χ0) is 15.6. The number of aliphatic hydroxyl groups is 1. The topological polar surface area (TPSA) is 63.4 Å². The molecule has 0 aliphatic heterocycles. The van der Waals surface area contributed by atoms with Crippen LogP contribution in [0.3, 0.4) is 0 Å². The van der Waals surface area contributed by atoms with Crippen molar-refractivity contribution < 1.29 is 10.0 Å². The van der Waals surface area contributed by atoms with Gasteiger partial charge in [0.05, 0.1) is 11.0 Å². The highest BCUT2D eigenvalue weighted by Crippen LogP contribution is 2.43. The van der Waals surface area contributed by atoms with E-state index in [1.54, 1.807) is 6.92 Å². The quantitative estimate of drug-likeness (QED) is 0.622. The van der Waals surface area contributed by atoms with E-state index in [1.165, 1.54) is 34.7 Å². The van der Waals surface area contributed by atoms with Gasteiger partial charge < -0.3 is 5.11 Å². The van der Waals surface area contributed by atoms with Crippen LogP contribution in [0.1, 0.15) is 43.2 Å². The fraction of sp³-hybridized carbons (Fsp3) is 0.333. The third kappa shape index (κ3) is 3.84. The zero-order valence-electron chi connectivity index (χ0n) is 12.1. The van der Waals surface area contributed by atoms with Gasteiger partial charge in [0, 0.05) is 15.8 Å². The van der Waals surface area contributed by atoms with Crippen molar-refractivity contribution in [3.63, 3.8) is 0 Å². The van der Waals surface area contributed by atoms with E-state index in [-0.39, 0.29) is 5.69 Å². The van der Waals surface area contributed by atoms with E-state index in [9.17, 15) is 15.2 Å². The molecule has 0 saturated carbocycles. The summed E-state index contributed by atoms with van der Waals surface area (Å²) in [5.74, 6) is 0.460. The Kier molecular flexibility index (Phi) is 5.03. The molecule has 0 fully saturated rings. The summed E-state index contributed by atoms with van der Waals surface area (Å²) in [4.78, 5) is 12.3. The molecule has 0 saturated heterocycles. The van der Waals surface area contributed by atoms with E-state index < -0.39 is 11.0 Å². The van der Waals surface area contributed by atoms with Crippen molar-refractivity contribution in [3.05, 3.63) is 50.9 Å². The third-order valence-electron chi connectivity index (χ3n) is 3.06. The van der Waals surface area contributed by atoms with Crippen LogP contribution in [0.15, 0.2) is 39.4 Å². The number of aliphatic hydroxyl groups excluding tert-OH is 1. The van der Waals surface area contributed by atoms with Crippen molar-refractivity contribution in [1.29, 1.82) is 0 Å². The standard InChI is InChI=1S/C15H17NO3S2/c1-9(2)11-4-6-12(7-5-11)20-15-13(16(18)19)8-14(21-15)10(3)17/h4-10,17H,1-3H3. The van der Waals surface area contributed by atoms with Gasteiger partial charge in [-0.05, 0) is 30.5 Å². The van der Waals surface area contributed by atoms with Gasteiger partial charge >= 0.3 is 0 Å². The highest BCUT2D eigenvalue weighted by molar-refractivity contribution is 8.01. The molecule has 1 unspecified atom stereocenters. The summed E-state index contributed by atoms with van der Waals surface area (Å²) in [6.07, 6.45) is -0.689. The highest BCUT2D eigenvalue weighted by Gasteiger charge is 2.21. The maximum atomic E-state index is 11.1. The SMILES string of the molecule is CC(C)c1ccc(Sc2sc(C(C)O)cc2[N+](=O)[O-])cc1. The number of nitro groups is 1. The predicted octanol–water partition coefficient (Wildman–Crippen LogP) is 4.98. The van der Waals surface area contributed by atoms with Crippen molar-refractivity contribution in [1.82, 2.24) is 0 Å². The molecule has 0 aliphatic rings. The van der Waals surface area contributed by atoms with Crippen LogP contribution < -0.4 is 0 Å². The minimum atomic E-state index is -0.689. The number of thiophene rings is 1. The fourth-order valence-corrected chi connectivity index (χ4v) is 4.08. The summed E-state index contributed by atoms with van der Waals surface area (Å²) < 4.78 is 0.605. The van der Waals surface area contributed by atoms with Gasteiger partial charge in [-0.25, -0.2) is 0 Å². The Balaban J connectivity index is 2.27. The van der Waals surface area contributed by atoms with Gasteiger partial charge in [0.2, 0.25) is 0 Å². The minimum absolute atomic E-state index is 0.0637. The van der Waals surface area contributed by atoms with Crippen LogP contribution in [0.5, 0.6) is 0 Å². The molecule has 1 aromatic carbocycles. The second kappa shape index (κ2) is 6.60. The van der Waals surface area contributed by atoms with Crippen molar-refractivity contribution >= 4 is 28.8 Å². The normalized spacial score (nSPS) is 12.6. The molecular formula is C15H17NO3S2. The summed E-state index contributed by atoms with van der Waals surface area (Å²) in [6.45, 7) is 5.86. The summed E-state index contributed by atoms with van der Waals surface area (Å²) in [5.41, 5.74) is 1.30. The number of nitrogens with zero attached hydrogens (tertiary/aromatic N) is 1. The van der Waals surface area contributed by atoms with E-state index in [1.807, 2.05) is 24.3 Å². The first-order valence-electron chi connectivity index (χ1n) is 6.62. The van der Waals surface area contributed by atoms with E-state index in [4.69, 9.17) is 0 Å². The van der Waals surface area contributed by atoms with Crippen LogP contribution in [0.25, 0.3) is 0 Å². The largest absolute Gasteiger partial charge is 0.388 e. The van der Waals surface area contributed by atoms with Crippen molar-refractivity contribution in [2.24, 2.45) is 0 Å². The molecule has 2 aromatic rings. The molecule has 0 spiro atoms. The fourth-order valence-electron chi connectivity index (χ4n) is 1.82. The van der Waals surface area contributed by atoms with E-state index in [2.05, 4.69) is 13.8 Å². The highest BCUT2D eigenvalue weighted by atomic mass is 32.2. The maximum Gasteiger partial charge on any atom is 0.294 e. The van der Waals surface area contributed by atoms with Crippen LogP contribution in [-0.4, -0.2) is 10.0 Å². The molecule has 1 N–H and O–H groups in total. The van der Waals surface area contributed by atoms with Gasteiger partial charge in [0.15, 0.2) is 0 Å². The molecule has 0 radical (unpaired) electrons. The van der Waals surface area contributed by atoms with Crippen molar-refractivity contribution in [3.8, 4) is 0 Å². The summed E-state index contributed by atoms with van der Waals surface area (Å²) in [6, 6.07) is 9.50. The molecule has 0 aliphatic carbocycles. The summed E-state index contributed by atoms with van der Waals surface area (Å²) >= 11 is 2.64. The zero-order valence-corrected chi connectivity index (χ0v) is 13.7. The lowest BCUT2D eigenvalue weighted by Crippen LogP contribution is -1.88. The van der Waals surface area contributed by atoms with Crippen LogP contribution in [0.4, 0.5) is 5.69 Å². The Morgan fingerprint density at radius 3 is 2.33 bits per heavy atom. The van der Waals surface area contributed by atoms with Gasteiger partial charge in [-0.3, -0.25) is 10.1 Å². The molecule has 1 aromatic heterocycles. The summed E-state index contributed by atoms with van der Waals surface area (Å²) in [5, 5.41) is 20.7. The maximum absolute atomic E-state index is 11.1. The van der Waals surface area contributed by atoms with Crippen molar-refractivity contribution in [2.75, 3.05) is 0 Å². The molecule has 21 heavy (non-hydrogen) atoms. The lowest BCUT2D eigenvalue weighted by atomic mass is 10.0. The van der Waals surface area contributed by atoms with Gasteiger partial charge in [-0.15, -0.1) is 11.3 Å². The minimum Gasteiger partial charge on any atom is -0.388 e. The van der Waals surface area contributed by atoms with E-state index in [0.717, 1.165) is 4.90 Å². The third-order valence-corrected chi connectivity index (χ3v) is 5.56. The van der Waals surface area contributed by atoms with Gasteiger partial charge in [0.1, 0.15) is 4.21 Å². The van der Waals surface area contributed by atoms with Gasteiger partial charge in [0.25, 0.3) is 5.69 Å². The molecule has 112 valence electrons. The first-order chi connectivity index (χ1) is 9.88. The Morgan fingerprint density at radius 2 is 1.86 bits per heavy atom. The van der Waals surface area contributed by atoms with Crippen LogP contribution in [-0.2, 0) is 0 Å². The summed E-state index contributed by atoms with van der Waals surface area (Å²) in [7, 11) is 0. The number of hydrogen-bond donors (Lipinski definition) is 1. The number of benzene rings is 1. The second-order valence-electron chi connectivity index (χ2n) is 5.08. The van der Waals surface area contributed by atoms with Crippen LogP contribution in [0, 0.1) is 10.1 Å². The molecule has 2 rings (SSSR count). The van der Waals surface area contributed by atoms with E-state index in [0.29, 0.717) is 15.0 Å². The monoisotopic (exact) mass is 323 g/mol. The number of rotatable bonds is 5. The Morgan fingerprint density at radius 1 is 1.24 bits per heavy atom. The average molecular weight is 323 g/mol. The predicted molar refractivity (Wildman–Crippen MR) is 86.3 cm³/mol. The number of hydrogen-bond acceptors (Lipinski definition) is 5. The van der Waals surface area contributed by atoms with Crippen LogP contribution in [0.2, 0.25) is 0 Å².